The van der Waals surface area contributed by atoms with Crippen LogP contribution >= 0.6 is 0 Å². The van der Waals surface area contributed by atoms with Crippen molar-refractivity contribution >= 4 is 5.97 Å². The zero-order chi connectivity index (χ0) is 8.20. The van der Waals surface area contributed by atoms with Gasteiger partial charge >= 0.3 is 5.97 Å². The van der Waals surface area contributed by atoms with Crippen LogP contribution in [0.4, 0.5) is 0 Å². The lowest BCUT2D eigenvalue weighted by atomic mass is 9.98. The molecule has 59 valence electrons. The third-order valence-corrected chi connectivity index (χ3v) is 0.886. The van der Waals surface area contributed by atoms with Crippen LogP contribution in [0.1, 0.15) is 20.8 Å². The second-order valence-corrected chi connectivity index (χ2v) is 3.00. The SMILES string of the molecule is [CH2]OCOC(=O)C(C)(C)C. The first-order chi connectivity index (χ1) is 4.48. The first-order valence-corrected chi connectivity index (χ1v) is 3.02. The molecule has 0 aromatic heterocycles. The van der Waals surface area contributed by atoms with Crippen molar-refractivity contribution in [1.82, 2.24) is 0 Å². The zero-order valence-electron chi connectivity index (χ0n) is 6.64. The topological polar surface area (TPSA) is 35.5 Å². The van der Waals surface area contributed by atoms with Crippen LogP contribution in [0, 0.1) is 12.5 Å². The molecule has 0 atom stereocenters. The predicted octanol–water partition coefficient (Wildman–Crippen LogP) is 1.34. The predicted molar refractivity (Wildman–Crippen MR) is 36.9 cm³/mol. The van der Waals surface area contributed by atoms with Crippen molar-refractivity contribution in [1.29, 1.82) is 0 Å². The van der Waals surface area contributed by atoms with Crippen LogP contribution in [0.25, 0.3) is 0 Å². The number of hydrogen-bond donors (Lipinski definition) is 0. The molecule has 0 spiro atoms. The van der Waals surface area contributed by atoms with E-state index in [1.54, 1.807) is 20.8 Å². The quantitative estimate of drug-likeness (QED) is 0.434. The molecule has 0 aromatic carbocycles. The largest absolute Gasteiger partial charge is 0.438 e. The molecule has 0 saturated carbocycles. The summed E-state index contributed by atoms with van der Waals surface area (Å²) in [6, 6.07) is 0. The fourth-order valence-electron chi connectivity index (χ4n) is 0.312. The van der Waals surface area contributed by atoms with E-state index in [4.69, 9.17) is 0 Å². The van der Waals surface area contributed by atoms with Crippen molar-refractivity contribution in [2.45, 2.75) is 20.8 Å². The number of ether oxygens (including phenoxy) is 2. The van der Waals surface area contributed by atoms with Crippen molar-refractivity contribution in [3.63, 3.8) is 0 Å². The van der Waals surface area contributed by atoms with E-state index < -0.39 is 5.41 Å². The molecule has 0 aromatic rings. The number of hydrogen-bond acceptors (Lipinski definition) is 3. The molecule has 0 rings (SSSR count). The molecule has 0 aliphatic rings. The van der Waals surface area contributed by atoms with Gasteiger partial charge in [-0.2, -0.15) is 0 Å². The third kappa shape index (κ3) is 3.45. The third-order valence-electron chi connectivity index (χ3n) is 0.886. The Kier molecular flexibility index (Phi) is 3.36. The van der Waals surface area contributed by atoms with Crippen LogP contribution < -0.4 is 0 Å². The summed E-state index contributed by atoms with van der Waals surface area (Å²) in [6.45, 7) is 5.26. The molecule has 0 fully saturated rings. The summed E-state index contributed by atoms with van der Waals surface area (Å²) < 4.78 is 8.95. The maximum absolute atomic E-state index is 10.9. The normalized spacial score (nSPS) is 11.2. The summed E-state index contributed by atoms with van der Waals surface area (Å²) >= 11 is 0. The molecule has 0 saturated heterocycles. The standard InChI is InChI=1S/C7H13O3/c1-7(2,3)6(8)10-5-9-4/h4-5H2,1-3H3. The highest BCUT2D eigenvalue weighted by Crippen LogP contribution is 2.14. The Hall–Kier alpha value is -0.570. The van der Waals surface area contributed by atoms with Gasteiger partial charge in [0.15, 0.2) is 6.79 Å². The molecule has 3 nitrogen and oxygen atoms in total. The van der Waals surface area contributed by atoms with Crippen LogP contribution in [0.2, 0.25) is 0 Å². The highest BCUT2D eigenvalue weighted by molar-refractivity contribution is 5.75. The minimum Gasteiger partial charge on any atom is -0.438 e. The first kappa shape index (κ1) is 9.43. The molecule has 0 aliphatic heterocycles. The Labute approximate surface area is 61.3 Å². The fourth-order valence-corrected chi connectivity index (χ4v) is 0.312. The molecule has 0 unspecified atom stereocenters. The van der Waals surface area contributed by atoms with Crippen LogP contribution in [-0.2, 0) is 14.3 Å². The van der Waals surface area contributed by atoms with E-state index in [0.29, 0.717) is 0 Å². The Bertz CT molecular complexity index is 113. The molecular weight excluding hydrogens is 132 g/mol. The van der Waals surface area contributed by atoms with E-state index in [1.165, 1.54) is 0 Å². The van der Waals surface area contributed by atoms with Gasteiger partial charge in [0.25, 0.3) is 0 Å². The lowest BCUT2D eigenvalue weighted by Crippen LogP contribution is -2.23. The minimum atomic E-state index is -0.460. The van der Waals surface area contributed by atoms with Gasteiger partial charge in [-0.1, -0.05) is 0 Å². The summed E-state index contributed by atoms with van der Waals surface area (Å²) in [7, 11) is 3.06. The van der Waals surface area contributed by atoms with E-state index in [0.717, 1.165) is 0 Å². The van der Waals surface area contributed by atoms with Gasteiger partial charge in [0.05, 0.1) is 12.5 Å². The van der Waals surface area contributed by atoms with Crippen molar-refractivity contribution in [2.75, 3.05) is 6.79 Å². The molecule has 0 bridgehead atoms. The van der Waals surface area contributed by atoms with E-state index in [9.17, 15) is 4.79 Å². The van der Waals surface area contributed by atoms with Gasteiger partial charge in [0, 0.05) is 0 Å². The molecule has 0 aliphatic carbocycles. The monoisotopic (exact) mass is 145 g/mol. The van der Waals surface area contributed by atoms with Crippen molar-refractivity contribution in [2.24, 2.45) is 5.41 Å². The second-order valence-electron chi connectivity index (χ2n) is 3.00. The summed E-state index contributed by atoms with van der Waals surface area (Å²) in [5.74, 6) is -0.281. The van der Waals surface area contributed by atoms with Crippen LogP contribution in [0.5, 0.6) is 0 Å². The van der Waals surface area contributed by atoms with Crippen molar-refractivity contribution in [3.8, 4) is 0 Å². The van der Waals surface area contributed by atoms with Gasteiger partial charge in [-0.05, 0) is 20.8 Å². The van der Waals surface area contributed by atoms with E-state index in [2.05, 4.69) is 16.6 Å². The van der Waals surface area contributed by atoms with Crippen LogP contribution in [-0.4, -0.2) is 12.8 Å². The maximum Gasteiger partial charge on any atom is 0.313 e. The molecule has 3 heteroatoms. The summed E-state index contributed by atoms with van der Waals surface area (Å²) in [5, 5.41) is 0. The highest BCUT2D eigenvalue weighted by Gasteiger charge is 2.22. The van der Waals surface area contributed by atoms with Gasteiger partial charge in [0.1, 0.15) is 0 Å². The molecule has 1 radical (unpaired) electrons. The summed E-state index contributed by atoms with van der Waals surface area (Å²) in [6.07, 6.45) is 0. The van der Waals surface area contributed by atoms with Crippen LogP contribution in [0.15, 0.2) is 0 Å². The van der Waals surface area contributed by atoms with Crippen LogP contribution in [0.3, 0.4) is 0 Å². The molecular formula is C7H13O3. The average molecular weight is 145 g/mol. The molecule has 0 amide bonds. The summed E-state index contributed by atoms with van der Waals surface area (Å²) in [4.78, 5) is 10.9. The number of esters is 1. The maximum atomic E-state index is 10.9. The zero-order valence-corrected chi connectivity index (χ0v) is 6.64. The Balaban J connectivity index is 3.64. The van der Waals surface area contributed by atoms with Crippen molar-refractivity contribution in [3.05, 3.63) is 7.11 Å². The molecule has 0 N–H and O–H groups in total. The fraction of sp³-hybridized carbons (Fsp3) is 0.714. The second kappa shape index (κ2) is 3.56. The molecule has 0 heterocycles. The Morgan fingerprint density at radius 1 is 1.50 bits per heavy atom. The van der Waals surface area contributed by atoms with E-state index in [1.807, 2.05) is 0 Å². The smallest absolute Gasteiger partial charge is 0.313 e. The first-order valence-electron chi connectivity index (χ1n) is 3.02. The number of carbonyl (C=O) groups excluding carboxylic acids is 1. The van der Waals surface area contributed by atoms with E-state index in [-0.39, 0.29) is 12.8 Å². The van der Waals surface area contributed by atoms with Gasteiger partial charge in [-0.25, -0.2) is 0 Å². The van der Waals surface area contributed by atoms with Gasteiger partial charge in [0.2, 0.25) is 0 Å². The van der Waals surface area contributed by atoms with Gasteiger partial charge in [-0.3, -0.25) is 4.79 Å². The molecule has 10 heavy (non-hydrogen) atoms. The Morgan fingerprint density at radius 3 is 2.30 bits per heavy atom. The minimum absolute atomic E-state index is 0.0733. The van der Waals surface area contributed by atoms with Crippen molar-refractivity contribution < 1.29 is 14.3 Å². The van der Waals surface area contributed by atoms with E-state index >= 15 is 0 Å². The highest BCUT2D eigenvalue weighted by atomic mass is 16.7. The van der Waals surface area contributed by atoms with Gasteiger partial charge < -0.3 is 9.47 Å². The summed E-state index contributed by atoms with van der Waals surface area (Å²) in [5.41, 5.74) is -0.460. The number of rotatable bonds is 2. The average Bonchev–Trinajstić information content (AvgIpc) is 1.80. The Morgan fingerprint density at radius 2 is 2.00 bits per heavy atom. The van der Waals surface area contributed by atoms with Gasteiger partial charge in [-0.15, -0.1) is 0 Å². The number of carbonyl (C=O) groups is 1. The lowest BCUT2D eigenvalue weighted by molar-refractivity contribution is -0.162. The lowest BCUT2D eigenvalue weighted by Gasteiger charge is -2.15.